The normalized spacial score (nSPS) is 20.6. The zero-order valence-electron chi connectivity index (χ0n) is 13.0. The van der Waals surface area contributed by atoms with E-state index in [1.807, 2.05) is 53.5 Å². The number of carbonyl (C=O) groups is 1. The summed E-state index contributed by atoms with van der Waals surface area (Å²) >= 11 is 0. The molecule has 2 heterocycles. The molecule has 1 amide bonds. The summed E-state index contributed by atoms with van der Waals surface area (Å²) in [6.07, 6.45) is 7.04. The Morgan fingerprint density at radius 3 is 2.70 bits per heavy atom. The van der Waals surface area contributed by atoms with Gasteiger partial charge in [-0.3, -0.25) is 4.79 Å². The maximum atomic E-state index is 12.5. The molecule has 0 aliphatic carbocycles. The number of nitrogens with zero attached hydrogens (tertiary/aromatic N) is 1. The summed E-state index contributed by atoms with van der Waals surface area (Å²) in [5, 5.41) is 0. The highest BCUT2D eigenvalue weighted by Crippen LogP contribution is 2.42. The molecule has 118 valence electrons. The van der Waals surface area contributed by atoms with E-state index in [9.17, 15) is 4.79 Å². The number of rotatable bonds is 6. The fourth-order valence-electron chi connectivity index (χ4n) is 2.90. The fourth-order valence-corrected chi connectivity index (χ4v) is 2.90. The van der Waals surface area contributed by atoms with E-state index >= 15 is 0 Å². The van der Waals surface area contributed by atoms with Crippen molar-refractivity contribution < 1.29 is 13.9 Å². The lowest BCUT2D eigenvalue weighted by Crippen LogP contribution is -2.53. The number of amides is 1. The van der Waals surface area contributed by atoms with Crippen LogP contribution in [0.25, 0.3) is 0 Å². The van der Waals surface area contributed by atoms with Gasteiger partial charge in [-0.2, -0.15) is 0 Å². The van der Waals surface area contributed by atoms with Crippen molar-refractivity contribution in [3.05, 3.63) is 78.8 Å². The second kappa shape index (κ2) is 6.57. The van der Waals surface area contributed by atoms with Gasteiger partial charge in [-0.25, -0.2) is 0 Å². The number of likely N-dealkylation sites (tertiary alicyclic amines) is 1. The van der Waals surface area contributed by atoms with Crippen molar-refractivity contribution in [2.24, 2.45) is 5.92 Å². The molecular weight excluding hydrogens is 290 g/mol. The first-order valence-corrected chi connectivity index (χ1v) is 7.50. The average molecular weight is 309 g/mol. The molecule has 0 bridgehead atoms. The minimum atomic E-state index is -0.170. The molecule has 1 aliphatic rings. The molecule has 4 heteroatoms. The van der Waals surface area contributed by atoms with Gasteiger partial charge in [0.05, 0.1) is 31.9 Å². The Kier molecular flexibility index (Phi) is 4.33. The first-order chi connectivity index (χ1) is 11.2. The van der Waals surface area contributed by atoms with E-state index in [1.54, 1.807) is 19.4 Å². The number of hydrogen-bond acceptors (Lipinski definition) is 3. The summed E-state index contributed by atoms with van der Waals surface area (Å²) in [4.78, 5) is 14.3. The fraction of sp³-hybridized carbons (Fsp3) is 0.211. The predicted molar refractivity (Wildman–Crippen MR) is 87.8 cm³/mol. The van der Waals surface area contributed by atoms with Crippen molar-refractivity contribution in [3.8, 4) is 5.75 Å². The highest BCUT2D eigenvalue weighted by Gasteiger charge is 2.46. The zero-order valence-corrected chi connectivity index (χ0v) is 13.0. The molecule has 1 aromatic heterocycles. The number of carbonyl (C=O) groups excluding carboxylic acids is 1. The Labute approximate surface area is 135 Å². The third-order valence-electron chi connectivity index (χ3n) is 4.06. The van der Waals surface area contributed by atoms with Crippen LogP contribution < -0.4 is 4.74 Å². The quantitative estimate of drug-likeness (QED) is 0.603. The van der Waals surface area contributed by atoms with Crippen LogP contribution >= 0.6 is 0 Å². The number of methoxy groups -OCH3 is 1. The number of ether oxygens (including phenoxy) is 1. The zero-order chi connectivity index (χ0) is 16.2. The summed E-state index contributed by atoms with van der Waals surface area (Å²) in [5.74, 6) is 1.51. The molecule has 4 nitrogen and oxygen atoms in total. The van der Waals surface area contributed by atoms with E-state index in [1.165, 1.54) is 0 Å². The van der Waals surface area contributed by atoms with Gasteiger partial charge in [-0.1, -0.05) is 36.9 Å². The van der Waals surface area contributed by atoms with Gasteiger partial charge in [-0.05, 0) is 29.8 Å². The van der Waals surface area contributed by atoms with Crippen LogP contribution in [-0.2, 0) is 11.3 Å². The molecule has 0 N–H and O–H groups in total. The van der Waals surface area contributed by atoms with Gasteiger partial charge in [0.1, 0.15) is 11.5 Å². The summed E-state index contributed by atoms with van der Waals surface area (Å²) in [6.45, 7) is 4.15. The van der Waals surface area contributed by atoms with E-state index in [-0.39, 0.29) is 17.9 Å². The van der Waals surface area contributed by atoms with Gasteiger partial charge in [0, 0.05) is 0 Å². The molecule has 2 atom stereocenters. The minimum absolute atomic E-state index is 0.00490. The molecule has 3 rings (SSSR count). The Morgan fingerprint density at radius 2 is 2.09 bits per heavy atom. The van der Waals surface area contributed by atoms with Crippen LogP contribution in [-0.4, -0.2) is 17.9 Å². The van der Waals surface area contributed by atoms with Gasteiger partial charge < -0.3 is 14.1 Å². The topological polar surface area (TPSA) is 42.7 Å². The standard InChI is InChI=1S/C19H19NO3/c1-3-4-7-17-18(14-8-10-15(22-2)11-9-14)20(19(17)21)13-16-6-5-12-23-16/h3-12,17-18H,1,13H2,2H3/b7-4+/t17-,18-/m0/s1. The molecule has 23 heavy (non-hydrogen) atoms. The highest BCUT2D eigenvalue weighted by molar-refractivity contribution is 5.88. The molecule has 1 saturated heterocycles. The highest BCUT2D eigenvalue weighted by atomic mass is 16.5. The second-order valence-electron chi connectivity index (χ2n) is 5.41. The van der Waals surface area contributed by atoms with Gasteiger partial charge >= 0.3 is 0 Å². The lowest BCUT2D eigenvalue weighted by atomic mass is 9.82. The SMILES string of the molecule is C=C/C=C/[C@@H]1C(=O)N(Cc2ccco2)[C@H]1c1ccc(OC)cc1. The molecule has 0 radical (unpaired) electrons. The minimum Gasteiger partial charge on any atom is -0.497 e. The van der Waals surface area contributed by atoms with Crippen LogP contribution in [0.15, 0.2) is 71.9 Å². The Bertz CT molecular complexity index is 701. The third-order valence-corrected chi connectivity index (χ3v) is 4.06. The van der Waals surface area contributed by atoms with E-state index < -0.39 is 0 Å². The molecule has 0 saturated carbocycles. The van der Waals surface area contributed by atoms with Crippen LogP contribution in [0.3, 0.4) is 0 Å². The van der Waals surface area contributed by atoms with E-state index in [0.29, 0.717) is 6.54 Å². The van der Waals surface area contributed by atoms with Crippen LogP contribution in [0.4, 0.5) is 0 Å². The molecule has 1 aromatic carbocycles. The molecule has 1 fully saturated rings. The van der Waals surface area contributed by atoms with Gasteiger partial charge in [0.2, 0.25) is 5.91 Å². The van der Waals surface area contributed by atoms with Crippen molar-refractivity contribution in [2.75, 3.05) is 7.11 Å². The summed E-state index contributed by atoms with van der Waals surface area (Å²) in [5.41, 5.74) is 1.08. The van der Waals surface area contributed by atoms with Crippen LogP contribution in [0.1, 0.15) is 17.4 Å². The average Bonchev–Trinajstić information content (AvgIpc) is 3.10. The third kappa shape index (κ3) is 2.93. The maximum Gasteiger partial charge on any atom is 0.232 e. The molecule has 0 unspecified atom stereocenters. The molecule has 2 aromatic rings. The second-order valence-corrected chi connectivity index (χ2v) is 5.41. The van der Waals surface area contributed by atoms with Crippen LogP contribution in [0.5, 0.6) is 5.75 Å². The summed E-state index contributed by atoms with van der Waals surface area (Å²) in [7, 11) is 1.64. The van der Waals surface area contributed by atoms with Crippen molar-refractivity contribution in [1.29, 1.82) is 0 Å². The predicted octanol–water partition coefficient (Wildman–Crippen LogP) is 3.73. The summed E-state index contributed by atoms with van der Waals surface area (Å²) < 4.78 is 10.6. The monoisotopic (exact) mass is 309 g/mol. The smallest absolute Gasteiger partial charge is 0.232 e. The van der Waals surface area contributed by atoms with Gasteiger partial charge in [0.15, 0.2) is 0 Å². The van der Waals surface area contributed by atoms with E-state index in [0.717, 1.165) is 17.1 Å². The van der Waals surface area contributed by atoms with Crippen molar-refractivity contribution in [3.63, 3.8) is 0 Å². The Morgan fingerprint density at radius 1 is 1.30 bits per heavy atom. The maximum absolute atomic E-state index is 12.5. The van der Waals surface area contributed by atoms with E-state index in [2.05, 4.69) is 6.58 Å². The van der Waals surface area contributed by atoms with Gasteiger partial charge in [0.25, 0.3) is 0 Å². The lowest BCUT2D eigenvalue weighted by Gasteiger charge is -2.46. The number of furan rings is 1. The van der Waals surface area contributed by atoms with Crippen LogP contribution in [0, 0.1) is 5.92 Å². The number of benzene rings is 1. The molecular formula is C19H19NO3. The van der Waals surface area contributed by atoms with E-state index in [4.69, 9.17) is 9.15 Å². The van der Waals surface area contributed by atoms with Crippen molar-refractivity contribution in [1.82, 2.24) is 4.90 Å². The van der Waals surface area contributed by atoms with Crippen LogP contribution in [0.2, 0.25) is 0 Å². The van der Waals surface area contributed by atoms with Crippen molar-refractivity contribution >= 4 is 5.91 Å². The lowest BCUT2D eigenvalue weighted by molar-refractivity contribution is -0.154. The van der Waals surface area contributed by atoms with Crippen molar-refractivity contribution in [2.45, 2.75) is 12.6 Å². The number of allylic oxidation sites excluding steroid dienone is 2. The first kappa shape index (κ1) is 15.2. The Hall–Kier alpha value is -2.75. The summed E-state index contributed by atoms with van der Waals surface area (Å²) in [6, 6.07) is 11.5. The first-order valence-electron chi connectivity index (χ1n) is 7.50. The molecule has 0 spiro atoms. The Balaban J connectivity index is 1.86. The largest absolute Gasteiger partial charge is 0.497 e. The molecule has 1 aliphatic heterocycles. The van der Waals surface area contributed by atoms with Gasteiger partial charge in [-0.15, -0.1) is 0 Å². The number of hydrogen-bond donors (Lipinski definition) is 0. The number of β-lactam (4-membered cyclic amide) rings is 1.